The minimum atomic E-state index is -4.82. The maximum Gasteiger partial charge on any atom is 0.573 e. The van der Waals surface area contributed by atoms with Gasteiger partial charge < -0.3 is 19.3 Å². The molecule has 2 unspecified atom stereocenters. The van der Waals surface area contributed by atoms with Crippen molar-refractivity contribution in [2.45, 2.75) is 25.4 Å². The van der Waals surface area contributed by atoms with Crippen LogP contribution in [0, 0.1) is 5.41 Å². The molecule has 180 valence electrons. The van der Waals surface area contributed by atoms with Gasteiger partial charge in [-0.3, -0.25) is 5.41 Å². The van der Waals surface area contributed by atoms with E-state index in [1.54, 1.807) is 0 Å². The van der Waals surface area contributed by atoms with Gasteiger partial charge in [0.1, 0.15) is 0 Å². The van der Waals surface area contributed by atoms with E-state index in [9.17, 15) is 13.2 Å². The van der Waals surface area contributed by atoms with Crippen LogP contribution in [0.1, 0.15) is 23.6 Å². The van der Waals surface area contributed by atoms with E-state index in [0.717, 1.165) is 31.9 Å². The Balaban J connectivity index is 1.93. The number of piperazine rings is 1. The summed E-state index contributed by atoms with van der Waals surface area (Å²) >= 11 is 0. The first kappa shape index (κ1) is 25.3. The van der Waals surface area contributed by atoms with Gasteiger partial charge in [0.25, 0.3) is 0 Å². The van der Waals surface area contributed by atoms with E-state index in [1.807, 2.05) is 31.2 Å². The summed E-state index contributed by atoms with van der Waals surface area (Å²) in [5.41, 5.74) is 3.52. The van der Waals surface area contributed by atoms with Crippen molar-refractivity contribution in [1.82, 2.24) is 4.90 Å². The van der Waals surface area contributed by atoms with Crippen LogP contribution in [0.5, 0.6) is 11.5 Å². The average Bonchev–Trinajstić information content (AvgIpc) is 2.78. The van der Waals surface area contributed by atoms with Gasteiger partial charge >= 0.3 is 6.36 Å². The molecule has 9 heteroatoms. The number of likely N-dealkylation sites (N-methyl/N-ethyl adjacent to an activating group) is 1. The van der Waals surface area contributed by atoms with Crippen molar-refractivity contribution in [3.63, 3.8) is 0 Å². The molecule has 1 saturated heterocycles. The van der Waals surface area contributed by atoms with Crippen molar-refractivity contribution in [3.8, 4) is 11.5 Å². The summed E-state index contributed by atoms with van der Waals surface area (Å²) in [4.78, 5) is 4.61. The number of hydrogen-bond donors (Lipinski definition) is 1. The second-order valence-electron chi connectivity index (χ2n) is 8.31. The van der Waals surface area contributed by atoms with Crippen molar-refractivity contribution >= 4 is 20.0 Å². The molecule has 1 heterocycles. The molecule has 5 nitrogen and oxygen atoms in total. The Bertz CT molecular complexity index is 959. The Labute approximate surface area is 195 Å². The van der Waals surface area contributed by atoms with Crippen LogP contribution in [0.25, 0.3) is 0 Å². The molecule has 0 saturated carbocycles. The van der Waals surface area contributed by atoms with Gasteiger partial charge in [0.15, 0.2) is 11.5 Å². The number of benzene rings is 2. The van der Waals surface area contributed by atoms with Gasteiger partial charge in [0.05, 0.1) is 12.8 Å². The molecule has 0 spiro atoms. The summed E-state index contributed by atoms with van der Waals surface area (Å²) < 4.78 is 48.2. The van der Waals surface area contributed by atoms with E-state index in [1.165, 1.54) is 19.2 Å². The summed E-state index contributed by atoms with van der Waals surface area (Å²) in [6, 6.07) is 10.7. The lowest BCUT2D eigenvalue weighted by Crippen LogP contribution is -2.44. The Kier molecular flexibility index (Phi) is 8.24. The predicted molar refractivity (Wildman–Crippen MR) is 129 cm³/mol. The van der Waals surface area contributed by atoms with Crippen LogP contribution in [0.4, 0.5) is 18.9 Å². The lowest BCUT2D eigenvalue weighted by molar-refractivity contribution is -0.275. The van der Waals surface area contributed by atoms with Gasteiger partial charge in [-0.1, -0.05) is 19.1 Å². The van der Waals surface area contributed by atoms with E-state index in [4.69, 9.17) is 10.1 Å². The molecule has 1 aliphatic heterocycles. The van der Waals surface area contributed by atoms with Crippen LogP contribution < -0.4 is 14.4 Å². The number of alkyl halides is 3. The van der Waals surface area contributed by atoms with Crippen LogP contribution in [0.3, 0.4) is 0 Å². The Hall–Kier alpha value is -2.31. The van der Waals surface area contributed by atoms with E-state index >= 15 is 0 Å². The maximum absolute atomic E-state index is 12.9. The lowest BCUT2D eigenvalue weighted by atomic mass is 9.94. The number of hydrogen-bond acceptors (Lipinski definition) is 5. The average molecular weight is 481 g/mol. The summed E-state index contributed by atoms with van der Waals surface area (Å²) in [6.07, 6.45) is -4.28. The smallest absolute Gasteiger partial charge is 0.493 e. The SMILES string of the molecule is COc1cc(C(=N)c2ccc(N3CCN(C)CC3)cc2)c(CC(C)PC)cc1OC(F)(F)F. The number of halogens is 3. The molecular formula is C24H31F3N3O2P. The van der Waals surface area contributed by atoms with Gasteiger partial charge in [0, 0.05) is 43.0 Å². The molecule has 33 heavy (non-hydrogen) atoms. The molecule has 2 aromatic rings. The Morgan fingerprint density at radius 2 is 1.73 bits per heavy atom. The van der Waals surface area contributed by atoms with Crippen LogP contribution >= 0.6 is 8.58 Å². The molecule has 2 atom stereocenters. The summed E-state index contributed by atoms with van der Waals surface area (Å²) in [7, 11) is 4.03. The molecule has 0 amide bonds. The molecule has 1 fully saturated rings. The van der Waals surface area contributed by atoms with Gasteiger partial charge in [0.2, 0.25) is 0 Å². The molecular weight excluding hydrogens is 450 g/mol. The number of ether oxygens (including phenoxy) is 2. The molecule has 2 aromatic carbocycles. The quantitative estimate of drug-likeness (QED) is 0.426. The summed E-state index contributed by atoms with van der Waals surface area (Å²) in [5, 5.41) is 8.84. The van der Waals surface area contributed by atoms with Crippen LogP contribution in [0.15, 0.2) is 36.4 Å². The zero-order valence-electron chi connectivity index (χ0n) is 19.4. The minimum Gasteiger partial charge on any atom is -0.493 e. The third-order valence-electron chi connectivity index (χ3n) is 5.93. The largest absolute Gasteiger partial charge is 0.573 e. The molecule has 0 radical (unpaired) electrons. The fourth-order valence-electron chi connectivity index (χ4n) is 3.86. The van der Waals surface area contributed by atoms with Crippen molar-refractivity contribution < 1.29 is 22.6 Å². The van der Waals surface area contributed by atoms with Crippen LogP contribution in [-0.4, -0.2) is 69.6 Å². The highest BCUT2D eigenvalue weighted by molar-refractivity contribution is 7.37. The first-order valence-electron chi connectivity index (χ1n) is 10.9. The van der Waals surface area contributed by atoms with Crippen molar-refractivity contribution in [2.24, 2.45) is 0 Å². The molecule has 1 aliphatic rings. The van der Waals surface area contributed by atoms with Crippen LogP contribution in [0.2, 0.25) is 0 Å². The lowest BCUT2D eigenvalue weighted by Gasteiger charge is -2.34. The highest BCUT2D eigenvalue weighted by Crippen LogP contribution is 2.37. The number of nitrogens with zero attached hydrogens (tertiary/aromatic N) is 2. The first-order valence-corrected chi connectivity index (χ1v) is 12.5. The Morgan fingerprint density at radius 1 is 1.09 bits per heavy atom. The topological polar surface area (TPSA) is 48.8 Å². The zero-order valence-corrected chi connectivity index (χ0v) is 20.4. The molecule has 0 bridgehead atoms. The molecule has 0 aliphatic carbocycles. The molecule has 3 rings (SSSR count). The van der Waals surface area contributed by atoms with E-state index in [-0.39, 0.29) is 22.9 Å². The van der Waals surface area contributed by atoms with Crippen LogP contribution in [-0.2, 0) is 6.42 Å². The fraction of sp³-hybridized carbons (Fsp3) is 0.458. The molecule has 0 aromatic heterocycles. The third-order valence-corrected chi connectivity index (χ3v) is 7.12. The summed E-state index contributed by atoms with van der Waals surface area (Å²) in [5.74, 6) is -0.426. The van der Waals surface area contributed by atoms with E-state index < -0.39 is 6.36 Å². The second kappa shape index (κ2) is 10.7. The monoisotopic (exact) mass is 481 g/mol. The Morgan fingerprint density at radius 3 is 2.27 bits per heavy atom. The first-order chi connectivity index (χ1) is 15.6. The summed E-state index contributed by atoms with van der Waals surface area (Å²) in [6.45, 7) is 8.01. The highest BCUT2D eigenvalue weighted by Gasteiger charge is 2.33. The number of anilines is 1. The fourth-order valence-corrected chi connectivity index (χ4v) is 4.28. The van der Waals surface area contributed by atoms with Gasteiger partial charge in [-0.05, 0) is 55.6 Å². The van der Waals surface area contributed by atoms with Crippen molar-refractivity contribution in [2.75, 3.05) is 51.9 Å². The number of nitrogens with one attached hydrogen (secondary N) is 1. The highest BCUT2D eigenvalue weighted by atomic mass is 31.1. The second-order valence-corrected chi connectivity index (χ2v) is 9.88. The molecule has 1 N–H and O–H groups in total. The van der Waals surface area contributed by atoms with Gasteiger partial charge in [-0.25, -0.2) is 0 Å². The predicted octanol–water partition coefficient (Wildman–Crippen LogP) is 5.00. The number of methoxy groups -OCH3 is 1. The normalized spacial score (nSPS) is 16.3. The minimum absolute atomic E-state index is 0.0449. The van der Waals surface area contributed by atoms with Gasteiger partial charge in [-0.2, -0.15) is 0 Å². The van der Waals surface area contributed by atoms with E-state index in [0.29, 0.717) is 31.7 Å². The van der Waals surface area contributed by atoms with Crippen molar-refractivity contribution in [3.05, 3.63) is 53.1 Å². The zero-order chi connectivity index (χ0) is 24.2. The number of rotatable bonds is 8. The standard InChI is InChI=1S/C24H31F3N3O2P/c1-16(33-4)13-18-14-22(32-24(25,26)27)21(31-3)15-20(18)23(28)17-5-7-19(8-6-17)30-11-9-29(2)10-12-30/h5-8,14-16,28,33H,9-13H2,1-4H3. The van der Waals surface area contributed by atoms with E-state index in [2.05, 4.69) is 28.2 Å². The third kappa shape index (κ3) is 6.61. The maximum atomic E-state index is 12.9. The van der Waals surface area contributed by atoms with Gasteiger partial charge in [-0.15, -0.1) is 21.8 Å². The van der Waals surface area contributed by atoms with Crippen molar-refractivity contribution in [1.29, 1.82) is 5.41 Å².